The van der Waals surface area contributed by atoms with Crippen LogP contribution in [0.1, 0.15) is 138 Å². The van der Waals surface area contributed by atoms with E-state index < -0.39 is 6.10 Å². The minimum atomic E-state index is -0.395. The van der Waals surface area contributed by atoms with Crippen LogP contribution in [0.15, 0.2) is 23.8 Å². The van der Waals surface area contributed by atoms with Crippen molar-refractivity contribution in [3.8, 4) is 0 Å². The molecule has 4 aliphatic carbocycles. The highest BCUT2D eigenvalue weighted by Crippen LogP contribution is 2.67. The molecule has 0 spiro atoms. The second-order valence-electron chi connectivity index (χ2n) is 15.1. The largest absolute Gasteiger partial charge is 0.461 e. The third kappa shape index (κ3) is 6.30. The lowest BCUT2D eigenvalue weighted by molar-refractivity contribution is -0.169. The highest BCUT2D eigenvalue weighted by atomic mass is 16.5. The molecule has 0 heterocycles. The molecule has 4 rings (SSSR count). The van der Waals surface area contributed by atoms with Crippen molar-refractivity contribution in [3.63, 3.8) is 0 Å². The van der Waals surface area contributed by atoms with E-state index in [0.29, 0.717) is 47.8 Å². The van der Waals surface area contributed by atoms with Gasteiger partial charge in [-0.25, -0.2) is 0 Å². The van der Waals surface area contributed by atoms with Gasteiger partial charge in [-0.15, -0.1) is 0 Å². The summed E-state index contributed by atoms with van der Waals surface area (Å²) in [7, 11) is 0. The molecule has 40 heavy (non-hydrogen) atoms. The predicted molar refractivity (Wildman–Crippen MR) is 167 cm³/mol. The fourth-order valence-corrected chi connectivity index (χ4v) is 10.1. The standard InChI is InChI=1S/C37H62O3/c1-8-10-11-12-13-14-35(39)40-34-24-29(38)23-28-17-18-30-32-20-19-31(26(5)15-16-27(9-2)25(3)4)36(32,6)22-21-33(30)37(28,34)7/h15-17,25-27,29-34,38H,8-14,18-24H2,1-7H3/b16-15+/t26-,27+,29+,30+,31-,32+,33+,34?,36-,37+/m1/s1. The number of ether oxygens (including phenoxy) is 1. The number of aliphatic hydroxyl groups excluding tert-OH is 1. The maximum atomic E-state index is 13.0. The summed E-state index contributed by atoms with van der Waals surface area (Å²) >= 11 is 0. The molecule has 228 valence electrons. The van der Waals surface area contributed by atoms with Gasteiger partial charge in [0.1, 0.15) is 6.10 Å². The van der Waals surface area contributed by atoms with Crippen LogP contribution in [0.2, 0.25) is 0 Å². The Bertz CT molecular complexity index is 903. The van der Waals surface area contributed by atoms with E-state index in [-0.39, 0.29) is 17.5 Å². The molecule has 0 aliphatic heterocycles. The number of rotatable bonds is 12. The van der Waals surface area contributed by atoms with Crippen LogP contribution in [0.4, 0.5) is 0 Å². The van der Waals surface area contributed by atoms with Gasteiger partial charge in [-0.2, -0.15) is 0 Å². The number of carbonyl (C=O) groups excluding carboxylic acids is 1. The molecule has 3 fully saturated rings. The van der Waals surface area contributed by atoms with Crippen molar-refractivity contribution in [2.24, 2.45) is 52.3 Å². The molecule has 1 N–H and O–H groups in total. The Morgan fingerprint density at radius 3 is 2.50 bits per heavy atom. The molecule has 0 aromatic rings. The summed E-state index contributed by atoms with van der Waals surface area (Å²) < 4.78 is 6.32. The fraction of sp³-hybridized carbons (Fsp3) is 0.865. The van der Waals surface area contributed by atoms with Crippen molar-refractivity contribution in [1.29, 1.82) is 0 Å². The number of allylic oxidation sites excluding steroid dienone is 3. The van der Waals surface area contributed by atoms with Crippen molar-refractivity contribution in [2.45, 2.75) is 151 Å². The van der Waals surface area contributed by atoms with Gasteiger partial charge in [0.25, 0.3) is 0 Å². The van der Waals surface area contributed by atoms with Crippen LogP contribution in [-0.2, 0) is 9.53 Å². The van der Waals surface area contributed by atoms with E-state index in [0.717, 1.165) is 37.5 Å². The van der Waals surface area contributed by atoms with Crippen molar-refractivity contribution < 1.29 is 14.6 Å². The first kappa shape index (κ1) is 31.8. The number of esters is 1. The minimum absolute atomic E-state index is 0.0488. The molecule has 0 aromatic heterocycles. The maximum Gasteiger partial charge on any atom is 0.306 e. The van der Waals surface area contributed by atoms with E-state index in [4.69, 9.17) is 4.74 Å². The molecule has 3 nitrogen and oxygen atoms in total. The first-order chi connectivity index (χ1) is 19.1. The summed E-state index contributed by atoms with van der Waals surface area (Å²) in [6.07, 6.45) is 22.1. The Balaban J connectivity index is 1.48. The summed E-state index contributed by atoms with van der Waals surface area (Å²) in [6.45, 7) is 16.8. The summed E-state index contributed by atoms with van der Waals surface area (Å²) in [5.74, 6) is 4.68. The number of fused-ring (bicyclic) bond motifs is 5. The monoisotopic (exact) mass is 554 g/mol. The number of aliphatic hydroxyl groups is 1. The average molecular weight is 555 g/mol. The van der Waals surface area contributed by atoms with Gasteiger partial charge in [-0.3, -0.25) is 4.79 Å². The van der Waals surface area contributed by atoms with Gasteiger partial charge in [0.2, 0.25) is 0 Å². The number of hydrogen-bond acceptors (Lipinski definition) is 3. The molecular weight excluding hydrogens is 492 g/mol. The maximum absolute atomic E-state index is 13.0. The number of unbranched alkanes of at least 4 members (excludes halogenated alkanes) is 4. The Hall–Kier alpha value is -1.09. The zero-order valence-electron chi connectivity index (χ0n) is 27.1. The van der Waals surface area contributed by atoms with Crippen LogP contribution >= 0.6 is 0 Å². The fourth-order valence-electron chi connectivity index (χ4n) is 10.1. The molecule has 10 atom stereocenters. The lowest BCUT2D eigenvalue weighted by atomic mass is 9.46. The predicted octanol–water partition coefficient (Wildman–Crippen LogP) is 9.68. The second-order valence-corrected chi connectivity index (χ2v) is 15.1. The van der Waals surface area contributed by atoms with Crippen LogP contribution in [0.5, 0.6) is 0 Å². The first-order valence-corrected chi connectivity index (χ1v) is 17.3. The smallest absolute Gasteiger partial charge is 0.306 e. The molecule has 0 saturated heterocycles. The van der Waals surface area contributed by atoms with Gasteiger partial charge in [0, 0.05) is 18.3 Å². The van der Waals surface area contributed by atoms with Crippen LogP contribution in [0, 0.1) is 52.3 Å². The molecule has 0 aromatic carbocycles. The van der Waals surface area contributed by atoms with Crippen LogP contribution in [0.3, 0.4) is 0 Å². The Labute approximate surface area is 247 Å². The highest BCUT2D eigenvalue weighted by molar-refractivity contribution is 5.69. The summed E-state index contributed by atoms with van der Waals surface area (Å²) in [4.78, 5) is 13.0. The Morgan fingerprint density at radius 2 is 1.80 bits per heavy atom. The van der Waals surface area contributed by atoms with Gasteiger partial charge >= 0.3 is 5.97 Å². The van der Waals surface area contributed by atoms with Gasteiger partial charge in [-0.05, 0) is 98.2 Å². The van der Waals surface area contributed by atoms with E-state index in [1.54, 1.807) is 0 Å². The molecule has 1 unspecified atom stereocenters. The van der Waals surface area contributed by atoms with Crippen molar-refractivity contribution >= 4 is 5.97 Å². The van der Waals surface area contributed by atoms with Crippen molar-refractivity contribution in [1.82, 2.24) is 0 Å². The first-order valence-electron chi connectivity index (χ1n) is 17.3. The second kappa shape index (κ2) is 13.5. The molecule has 4 aliphatic rings. The highest BCUT2D eigenvalue weighted by Gasteiger charge is 2.61. The lowest BCUT2D eigenvalue weighted by Gasteiger charge is -2.60. The van der Waals surface area contributed by atoms with Gasteiger partial charge in [-0.1, -0.05) is 98.0 Å². The third-order valence-corrected chi connectivity index (χ3v) is 12.6. The van der Waals surface area contributed by atoms with Crippen LogP contribution in [-0.4, -0.2) is 23.3 Å². The third-order valence-electron chi connectivity index (χ3n) is 12.6. The molecular formula is C37H62O3. The Kier molecular flexibility index (Phi) is 10.7. The molecule has 0 radical (unpaired) electrons. The van der Waals surface area contributed by atoms with E-state index >= 15 is 0 Å². The number of carbonyl (C=O) groups is 1. The van der Waals surface area contributed by atoms with Crippen LogP contribution < -0.4 is 0 Å². The van der Waals surface area contributed by atoms with E-state index in [1.807, 2.05) is 0 Å². The molecule has 0 amide bonds. The number of hydrogen-bond donors (Lipinski definition) is 1. The van der Waals surface area contributed by atoms with E-state index in [2.05, 4.69) is 66.7 Å². The van der Waals surface area contributed by atoms with Gasteiger partial charge < -0.3 is 9.84 Å². The topological polar surface area (TPSA) is 46.5 Å². The quantitative estimate of drug-likeness (QED) is 0.148. The lowest BCUT2D eigenvalue weighted by Crippen LogP contribution is -2.56. The summed E-state index contributed by atoms with van der Waals surface area (Å²) in [5, 5.41) is 10.8. The normalized spacial score (nSPS) is 38.9. The zero-order valence-corrected chi connectivity index (χ0v) is 27.1. The zero-order chi connectivity index (χ0) is 29.1. The molecule has 3 saturated carbocycles. The van der Waals surface area contributed by atoms with Gasteiger partial charge in [0.15, 0.2) is 0 Å². The summed E-state index contributed by atoms with van der Waals surface area (Å²) in [6, 6.07) is 0. The average Bonchev–Trinajstić information content (AvgIpc) is 3.26. The van der Waals surface area contributed by atoms with E-state index in [9.17, 15) is 9.90 Å². The summed E-state index contributed by atoms with van der Waals surface area (Å²) in [5.41, 5.74) is 1.64. The molecule has 3 heteroatoms. The van der Waals surface area contributed by atoms with E-state index in [1.165, 1.54) is 56.9 Å². The minimum Gasteiger partial charge on any atom is -0.461 e. The Morgan fingerprint density at radius 1 is 1.05 bits per heavy atom. The van der Waals surface area contributed by atoms with Crippen LogP contribution in [0.25, 0.3) is 0 Å². The van der Waals surface area contributed by atoms with Gasteiger partial charge in [0.05, 0.1) is 6.10 Å². The van der Waals surface area contributed by atoms with Crippen molar-refractivity contribution in [2.75, 3.05) is 0 Å². The molecule has 0 bridgehead atoms. The van der Waals surface area contributed by atoms with Crippen molar-refractivity contribution in [3.05, 3.63) is 23.8 Å². The SMILES string of the molecule is CCCCCCCC(=O)OC1C[C@@H](O)CC2=CC[C@H]3[C@@H]4CC[C@H]([C@H](C)/C=C/[C@H](CC)C(C)C)[C@@]4(C)CC[C@@H]3[C@]21C.